The maximum Gasteiger partial charge on any atom is 0.177 e. The minimum absolute atomic E-state index is 0.133. The van der Waals surface area contributed by atoms with Crippen LogP contribution in [0.25, 0.3) is 0 Å². The number of nitriles is 1. The van der Waals surface area contributed by atoms with Crippen LogP contribution in [0.5, 0.6) is 0 Å². The maximum atomic E-state index is 11.4. The van der Waals surface area contributed by atoms with Gasteiger partial charge in [0.05, 0.1) is 11.4 Å². The Morgan fingerprint density at radius 2 is 2.27 bits per heavy atom. The van der Waals surface area contributed by atoms with Gasteiger partial charge in [0.15, 0.2) is 12.1 Å². The molecule has 0 saturated heterocycles. The molecule has 3 nitrogen and oxygen atoms in total. The Morgan fingerprint density at radius 3 is 2.73 bits per heavy atom. The summed E-state index contributed by atoms with van der Waals surface area (Å²) in [5.74, 6) is -0.380. The van der Waals surface area contributed by atoms with E-state index >= 15 is 0 Å². The summed E-state index contributed by atoms with van der Waals surface area (Å²) >= 11 is 5.43. The highest BCUT2D eigenvalue weighted by atomic mass is 35.5. The third kappa shape index (κ3) is 2.05. The minimum Gasteiger partial charge on any atom is -0.298 e. The van der Waals surface area contributed by atoms with Gasteiger partial charge in [-0.1, -0.05) is 6.07 Å². The number of hydrogen-bond donors (Lipinski definition) is 0. The van der Waals surface area contributed by atoms with Crippen LogP contribution in [0.1, 0.15) is 31.8 Å². The van der Waals surface area contributed by atoms with Gasteiger partial charge in [-0.3, -0.25) is 9.59 Å². The molecule has 76 valence electrons. The molecule has 0 aliphatic rings. The standard InChI is InChI=1S/C11H8ClNO2/c1-7-9(11(15)4-12)3-2-8(6-14)10(7)5-13/h2-3,6H,4H2,1H3. The summed E-state index contributed by atoms with van der Waals surface area (Å²) in [5.41, 5.74) is 1.43. The monoisotopic (exact) mass is 221 g/mol. The number of benzene rings is 1. The van der Waals surface area contributed by atoms with Gasteiger partial charge < -0.3 is 0 Å². The number of halogens is 1. The Labute approximate surface area is 92.3 Å². The fourth-order valence-electron chi connectivity index (χ4n) is 1.35. The van der Waals surface area contributed by atoms with Gasteiger partial charge in [0.25, 0.3) is 0 Å². The van der Waals surface area contributed by atoms with Crippen molar-refractivity contribution in [3.8, 4) is 6.07 Å². The van der Waals surface area contributed by atoms with E-state index < -0.39 is 0 Å². The van der Waals surface area contributed by atoms with Crippen LogP contribution in [0.3, 0.4) is 0 Å². The van der Waals surface area contributed by atoms with E-state index in [1.54, 1.807) is 6.92 Å². The summed E-state index contributed by atoms with van der Waals surface area (Å²) in [4.78, 5) is 22.0. The van der Waals surface area contributed by atoms with E-state index in [1.807, 2.05) is 6.07 Å². The lowest BCUT2D eigenvalue weighted by Crippen LogP contribution is -2.06. The highest BCUT2D eigenvalue weighted by Crippen LogP contribution is 2.17. The number of alkyl halides is 1. The average molecular weight is 222 g/mol. The number of ketones is 1. The van der Waals surface area contributed by atoms with Gasteiger partial charge in [-0.2, -0.15) is 5.26 Å². The van der Waals surface area contributed by atoms with E-state index in [9.17, 15) is 9.59 Å². The Hall–Kier alpha value is -1.66. The Bertz CT molecular complexity index is 460. The van der Waals surface area contributed by atoms with E-state index in [0.717, 1.165) is 0 Å². The van der Waals surface area contributed by atoms with Gasteiger partial charge in [0.1, 0.15) is 6.07 Å². The molecule has 4 heteroatoms. The molecule has 0 fully saturated rings. The second-order valence-corrected chi connectivity index (χ2v) is 3.26. The molecule has 0 unspecified atom stereocenters. The van der Waals surface area contributed by atoms with Crippen molar-refractivity contribution in [2.24, 2.45) is 0 Å². The summed E-state index contributed by atoms with van der Waals surface area (Å²) < 4.78 is 0. The summed E-state index contributed by atoms with van der Waals surface area (Å²) in [7, 11) is 0. The molecule has 0 spiro atoms. The van der Waals surface area contributed by atoms with Gasteiger partial charge in [-0.15, -0.1) is 11.6 Å². The molecule has 0 bridgehead atoms. The van der Waals surface area contributed by atoms with Gasteiger partial charge in [0, 0.05) is 11.1 Å². The second-order valence-electron chi connectivity index (χ2n) is 2.99. The SMILES string of the molecule is Cc1c(C(=O)CCl)ccc(C=O)c1C#N. The number of Topliss-reactive ketones (excluding diaryl/α,β-unsaturated/α-hetero) is 1. The number of hydrogen-bond acceptors (Lipinski definition) is 3. The van der Waals surface area contributed by atoms with Crippen LogP contribution in [-0.4, -0.2) is 17.9 Å². The molecular weight excluding hydrogens is 214 g/mol. The first-order chi connectivity index (χ1) is 7.15. The number of rotatable bonds is 3. The van der Waals surface area contributed by atoms with Crippen LogP contribution in [0.2, 0.25) is 0 Å². The van der Waals surface area contributed by atoms with E-state index in [2.05, 4.69) is 0 Å². The van der Waals surface area contributed by atoms with E-state index in [1.165, 1.54) is 12.1 Å². The molecular formula is C11H8ClNO2. The van der Waals surface area contributed by atoms with Crippen LogP contribution < -0.4 is 0 Å². The molecule has 0 radical (unpaired) electrons. The Morgan fingerprint density at radius 1 is 1.60 bits per heavy atom. The predicted octanol–water partition coefficient (Wildman–Crippen LogP) is 2.10. The largest absolute Gasteiger partial charge is 0.298 e. The molecule has 1 aromatic carbocycles. The molecule has 0 saturated carbocycles. The van der Waals surface area contributed by atoms with Crippen LogP contribution in [0, 0.1) is 18.3 Å². The Balaban J connectivity index is 3.43. The molecule has 0 aromatic heterocycles. The van der Waals surface area contributed by atoms with Crippen LogP contribution in [0.4, 0.5) is 0 Å². The van der Waals surface area contributed by atoms with Crippen molar-refractivity contribution >= 4 is 23.7 Å². The van der Waals surface area contributed by atoms with E-state index in [-0.39, 0.29) is 17.2 Å². The molecule has 0 heterocycles. The first-order valence-corrected chi connectivity index (χ1v) is 4.77. The summed E-state index contributed by atoms with van der Waals surface area (Å²) in [5, 5.41) is 8.86. The average Bonchev–Trinajstić information content (AvgIpc) is 2.27. The lowest BCUT2D eigenvalue weighted by molar-refractivity contribution is 0.101. The Kier molecular flexibility index (Phi) is 3.59. The lowest BCUT2D eigenvalue weighted by Gasteiger charge is -2.06. The minimum atomic E-state index is -0.247. The fourth-order valence-corrected chi connectivity index (χ4v) is 1.50. The van der Waals surface area contributed by atoms with Crippen molar-refractivity contribution in [2.45, 2.75) is 6.92 Å². The smallest absolute Gasteiger partial charge is 0.177 e. The second kappa shape index (κ2) is 4.72. The highest BCUT2D eigenvalue weighted by Gasteiger charge is 2.13. The zero-order chi connectivity index (χ0) is 11.4. The van der Waals surface area contributed by atoms with Crippen LogP contribution in [0.15, 0.2) is 12.1 Å². The summed E-state index contributed by atoms with van der Waals surface area (Å²) in [6, 6.07) is 4.88. The van der Waals surface area contributed by atoms with E-state index in [0.29, 0.717) is 23.0 Å². The number of carbonyl (C=O) groups excluding carboxylic acids is 2. The summed E-state index contributed by atoms with van der Waals surface area (Å²) in [6.45, 7) is 1.63. The topological polar surface area (TPSA) is 57.9 Å². The third-order valence-corrected chi connectivity index (χ3v) is 2.40. The van der Waals surface area contributed by atoms with E-state index in [4.69, 9.17) is 16.9 Å². The molecule has 0 amide bonds. The fraction of sp³-hybridized carbons (Fsp3) is 0.182. The molecule has 0 atom stereocenters. The number of nitrogens with zero attached hydrogens (tertiary/aromatic N) is 1. The molecule has 0 N–H and O–H groups in total. The number of aldehydes is 1. The van der Waals surface area contributed by atoms with Crippen molar-refractivity contribution in [3.05, 3.63) is 34.4 Å². The molecule has 0 aliphatic heterocycles. The molecule has 1 aromatic rings. The predicted molar refractivity (Wildman–Crippen MR) is 56.3 cm³/mol. The normalized spacial score (nSPS) is 9.40. The molecule has 1 rings (SSSR count). The lowest BCUT2D eigenvalue weighted by atomic mass is 9.96. The highest BCUT2D eigenvalue weighted by molar-refractivity contribution is 6.30. The quantitative estimate of drug-likeness (QED) is 0.446. The van der Waals surface area contributed by atoms with Crippen molar-refractivity contribution in [1.29, 1.82) is 5.26 Å². The van der Waals surface area contributed by atoms with Crippen LogP contribution >= 0.6 is 11.6 Å². The third-order valence-electron chi connectivity index (χ3n) is 2.16. The van der Waals surface area contributed by atoms with Gasteiger partial charge in [-0.05, 0) is 18.6 Å². The number of carbonyl (C=O) groups is 2. The van der Waals surface area contributed by atoms with Gasteiger partial charge in [0.2, 0.25) is 0 Å². The van der Waals surface area contributed by atoms with Gasteiger partial charge >= 0.3 is 0 Å². The zero-order valence-corrected chi connectivity index (χ0v) is 8.84. The van der Waals surface area contributed by atoms with Crippen molar-refractivity contribution in [3.63, 3.8) is 0 Å². The zero-order valence-electron chi connectivity index (χ0n) is 8.08. The first kappa shape index (κ1) is 11.4. The maximum absolute atomic E-state index is 11.4. The van der Waals surface area contributed by atoms with Crippen molar-refractivity contribution < 1.29 is 9.59 Å². The van der Waals surface area contributed by atoms with Crippen molar-refractivity contribution in [1.82, 2.24) is 0 Å². The van der Waals surface area contributed by atoms with Crippen LogP contribution in [-0.2, 0) is 0 Å². The van der Waals surface area contributed by atoms with Gasteiger partial charge in [-0.25, -0.2) is 0 Å². The summed E-state index contributed by atoms with van der Waals surface area (Å²) in [6.07, 6.45) is 0.598. The first-order valence-electron chi connectivity index (χ1n) is 4.23. The molecule has 15 heavy (non-hydrogen) atoms. The van der Waals surface area contributed by atoms with Crippen molar-refractivity contribution in [2.75, 3.05) is 5.88 Å². The molecule has 0 aliphatic carbocycles.